The van der Waals surface area contributed by atoms with Crippen molar-refractivity contribution in [3.05, 3.63) is 35.9 Å². The number of terminal acetylenes is 1. The number of benzene rings is 1. The van der Waals surface area contributed by atoms with Crippen molar-refractivity contribution in [3.8, 4) is 12.3 Å². The van der Waals surface area contributed by atoms with Gasteiger partial charge in [-0.05, 0) is 26.0 Å². The molecule has 0 aliphatic carbocycles. The normalized spacial score (nSPS) is 16.1. The predicted molar refractivity (Wildman–Crippen MR) is 61.1 cm³/mol. The number of rotatable bonds is 4. The molecular weight excluding hydrogens is 170 g/mol. The molecular formula is C13H17N. The van der Waals surface area contributed by atoms with Crippen LogP contribution < -0.4 is 0 Å². The van der Waals surface area contributed by atoms with E-state index in [1.807, 2.05) is 43.7 Å². The van der Waals surface area contributed by atoms with Gasteiger partial charge in [0.2, 0.25) is 0 Å². The Morgan fingerprint density at radius 1 is 1.57 bits per heavy atom. The maximum Gasteiger partial charge on any atom is 0.124 e. The van der Waals surface area contributed by atoms with Crippen LogP contribution in [0.25, 0.3) is 0 Å². The molecule has 0 amide bonds. The lowest BCUT2D eigenvalue weighted by Gasteiger charge is -2.22. The molecule has 0 heterocycles. The van der Waals surface area contributed by atoms with Gasteiger partial charge in [-0.1, -0.05) is 36.3 Å². The predicted octanol–water partition coefficient (Wildman–Crippen LogP) is 2.18. The van der Waals surface area contributed by atoms with E-state index in [2.05, 4.69) is 5.92 Å². The Hall–Kier alpha value is -1.26. The Kier molecular flexibility index (Phi) is 2.77. The van der Waals surface area contributed by atoms with Gasteiger partial charge in [-0.25, -0.2) is 0 Å². The smallest absolute Gasteiger partial charge is 0.124 e. The van der Waals surface area contributed by atoms with Crippen molar-refractivity contribution in [2.75, 3.05) is 13.5 Å². The first-order chi connectivity index (χ1) is 7.97. The SMILES string of the molecule is [2H]C#CC([2H])([2H])N(C)[C@H](C)Cc1ccccc1. The first-order valence-corrected chi connectivity index (χ1v) is 4.68. The van der Waals surface area contributed by atoms with Crippen LogP contribution in [0.4, 0.5) is 0 Å². The average molecular weight is 190 g/mol. The molecule has 1 aromatic carbocycles. The van der Waals surface area contributed by atoms with Gasteiger partial charge in [0.25, 0.3) is 0 Å². The molecule has 0 aliphatic rings. The van der Waals surface area contributed by atoms with Crippen molar-refractivity contribution in [3.63, 3.8) is 0 Å². The van der Waals surface area contributed by atoms with Crippen molar-refractivity contribution in [1.82, 2.24) is 4.90 Å². The second-order valence-electron chi connectivity index (χ2n) is 3.39. The molecule has 14 heavy (non-hydrogen) atoms. The van der Waals surface area contributed by atoms with E-state index in [9.17, 15) is 0 Å². The summed E-state index contributed by atoms with van der Waals surface area (Å²) in [7, 11) is 1.69. The molecule has 0 fully saturated rings. The van der Waals surface area contributed by atoms with E-state index in [1.54, 1.807) is 11.9 Å². The van der Waals surface area contributed by atoms with Crippen LogP contribution in [0.5, 0.6) is 0 Å². The summed E-state index contributed by atoms with van der Waals surface area (Å²) in [4.78, 5) is 1.56. The summed E-state index contributed by atoms with van der Waals surface area (Å²) in [6.07, 6.45) is 2.65. The van der Waals surface area contributed by atoms with Crippen LogP contribution in [0.2, 0.25) is 0 Å². The van der Waals surface area contributed by atoms with Crippen LogP contribution in [0, 0.1) is 12.3 Å². The largest absolute Gasteiger partial charge is 0.292 e. The van der Waals surface area contributed by atoms with E-state index < -0.39 is 6.50 Å². The zero-order chi connectivity index (χ0) is 12.9. The number of hydrogen-bond acceptors (Lipinski definition) is 1. The maximum atomic E-state index is 7.73. The number of nitrogens with zero attached hydrogens (tertiary/aromatic N) is 1. The van der Waals surface area contributed by atoms with E-state index in [1.165, 1.54) is 5.56 Å². The zero-order valence-corrected chi connectivity index (χ0v) is 8.62. The molecule has 0 N–H and O–H groups in total. The van der Waals surface area contributed by atoms with Gasteiger partial charge in [0.05, 0.1) is 9.24 Å². The van der Waals surface area contributed by atoms with E-state index in [0.29, 0.717) is 0 Å². The maximum absolute atomic E-state index is 7.73. The molecule has 0 saturated carbocycles. The molecule has 0 unspecified atom stereocenters. The van der Waals surface area contributed by atoms with Crippen molar-refractivity contribution in [2.24, 2.45) is 0 Å². The van der Waals surface area contributed by atoms with Gasteiger partial charge in [-0.3, -0.25) is 4.90 Å². The highest BCUT2D eigenvalue weighted by Crippen LogP contribution is 2.06. The Balaban J connectivity index is 2.70. The van der Waals surface area contributed by atoms with Gasteiger partial charge in [0.1, 0.15) is 1.37 Å². The molecule has 0 bridgehead atoms. The lowest BCUT2D eigenvalue weighted by Crippen LogP contribution is -2.31. The summed E-state index contributed by atoms with van der Waals surface area (Å²) in [5.41, 5.74) is 1.17. The minimum Gasteiger partial charge on any atom is -0.292 e. The summed E-state index contributed by atoms with van der Waals surface area (Å²) >= 11 is 0. The van der Waals surface area contributed by atoms with Crippen LogP contribution in [0.1, 0.15) is 16.6 Å². The minimum absolute atomic E-state index is 0.0215. The van der Waals surface area contributed by atoms with E-state index >= 15 is 0 Å². The highest BCUT2D eigenvalue weighted by molar-refractivity contribution is 5.15. The molecule has 0 aromatic heterocycles. The fraction of sp³-hybridized carbons (Fsp3) is 0.385. The molecule has 0 spiro atoms. The van der Waals surface area contributed by atoms with Crippen LogP contribution in [-0.4, -0.2) is 24.5 Å². The molecule has 0 aliphatic heterocycles. The van der Waals surface area contributed by atoms with Crippen LogP contribution in [-0.2, 0) is 6.42 Å². The molecule has 0 saturated heterocycles. The Bertz CT molecular complexity index is 406. The van der Waals surface area contributed by atoms with E-state index in [-0.39, 0.29) is 6.04 Å². The average Bonchev–Trinajstić information content (AvgIpc) is 2.29. The molecule has 1 heteroatoms. The summed E-state index contributed by atoms with van der Waals surface area (Å²) in [5, 5.41) is 0. The lowest BCUT2D eigenvalue weighted by molar-refractivity contribution is 0.287. The summed E-state index contributed by atoms with van der Waals surface area (Å²) in [6, 6.07) is 9.98. The molecule has 0 radical (unpaired) electrons. The first kappa shape index (κ1) is 7.09. The summed E-state index contributed by atoms with van der Waals surface area (Å²) in [5.74, 6) is 2.26. The van der Waals surface area contributed by atoms with Gasteiger partial charge in [-0.2, -0.15) is 0 Å². The molecule has 1 rings (SSSR count). The fourth-order valence-electron chi connectivity index (χ4n) is 1.29. The first-order valence-electron chi connectivity index (χ1n) is 6.18. The van der Waals surface area contributed by atoms with Crippen LogP contribution >= 0.6 is 0 Å². The second kappa shape index (κ2) is 5.47. The van der Waals surface area contributed by atoms with Crippen LogP contribution in [0.3, 0.4) is 0 Å². The topological polar surface area (TPSA) is 3.24 Å². The third-order valence-electron chi connectivity index (χ3n) is 2.27. The third kappa shape index (κ3) is 3.24. The van der Waals surface area contributed by atoms with E-state index in [0.717, 1.165) is 6.42 Å². The Labute approximate surface area is 91.0 Å². The van der Waals surface area contributed by atoms with Gasteiger partial charge in [0.15, 0.2) is 0 Å². The standard InChI is InChI=1S/C13H17N/c1-4-10-14(3)12(2)11-13-8-6-5-7-9-13/h1,5-9,12H,10-11H2,2-3H3/t12-/m1/s1/i1D,10D2. The molecule has 1 atom stereocenters. The van der Waals surface area contributed by atoms with Crippen LogP contribution in [0.15, 0.2) is 30.3 Å². The lowest BCUT2D eigenvalue weighted by atomic mass is 10.1. The van der Waals surface area contributed by atoms with Crippen molar-refractivity contribution in [2.45, 2.75) is 19.4 Å². The fourth-order valence-corrected chi connectivity index (χ4v) is 1.29. The highest BCUT2D eigenvalue weighted by atomic mass is 15.1. The van der Waals surface area contributed by atoms with E-state index in [4.69, 9.17) is 4.11 Å². The van der Waals surface area contributed by atoms with Gasteiger partial charge < -0.3 is 0 Å². The second-order valence-corrected chi connectivity index (χ2v) is 3.39. The quantitative estimate of drug-likeness (QED) is 0.658. The Morgan fingerprint density at radius 3 is 2.93 bits per heavy atom. The van der Waals surface area contributed by atoms with Crippen molar-refractivity contribution in [1.29, 1.82) is 0 Å². The number of hydrogen-bond donors (Lipinski definition) is 0. The number of likely N-dealkylation sites (N-methyl/N-ethyl adjacent to an activating group) is 1. The van der Waals surface area contributed by atoms with Gasteiger partial charge in [-0.15, -0.1) is 6.40 Å². The highest BCUT2D eigenvalue weighted by Gasteiger charge is 2.07. The minimum atomic E-state index is -1.75. The van der Waals surface area contributed by atoms with Crippen molar-refractivity contribution < 1.29 is 4.11 Å². The zero-order valence-electron chi connectivity index (χ0n) is 11.6. The Morgan fingerprint density at radius 2 is 2.29 bits per heavy atom. The molecule has 1 nitrogen and oxygen atoms in total. The van der Waals surface area contributed by atoms with Gasteiger partial charge in [0, 0.05) is 6.04 Å². The third-order valence-corrected chi connectivity index (χ3v) is 2.27. The molecule has 1 aromatic rings. The van der Waals surface area contributed by atoms with Gasteiger partial charge >= 0.3 is 0 Å². The monoisotopic (exact) mass is 190 g/mol. The summed E-state index contributed by atoms with van der Waals surface area (Å²) in [6.45, 7) is 0.201. The van der Waals surface area contributed by atoms with Crippen molar-refractivity contribution >= 4 is 0 Å². The summed E-state index contributed by atoms with van der Waals surface area (Å²) < 4.78 is 22.2. The molecule has 74 valence electrons.